The summed E-state index contributed by atoms with van der Waals surface area (Å²) in [7, 11) is 2.03. The van der Waals surface area contributed by atoms with Crippen LogP contribution in [0.4, 0.5) is 0 Å². The fourth-order valence-electron chi connectivity index (χ4n) is 1.25. The minimum atomic E-state index is 0.0787. The molecule has 1 saturated carbocycles. The molecule has 1 rings (SSSR count). The van der Waals surface area contributed by atoms with Gasteiger partial charge in [-0.2, -0.15) is 5.26 Å². The largest absolute Gasteiger partial charge is 0.288 e. The molecule has 1 fully saturated rings. The van der Waals surface area contributed by atoms with E-state index in [4.69, 9.17) is 5.26 Å². The molecular weight excluding hydrogens is 124 g/mol. The van der Waals surface area contributed by atoms with Crippen molar-refractivity contribution in [2.24, 2.45) is 5.92 Å². The third-order valence-corrected chi connectivity index (χ3v) is 2.39. The molecule has 2 heteroatoms. The highest BCUT2D eigenvalue weighted by Crippen LogP contribution is 2.34. The van der Waals surface area contributed by atoms with Crippen molar-refractivity contribution >= 4 is 0 Å². The third kappa shape index (κ3) is 1.30. The lowest BCUT2D eigenvalue weighted by Gasteiger charge is -2.18. The molecule has 3 unspecified atom stereocenters. The molecule has 0 aromatic rings. The van der Waals surface area contributed by atoms with Crippen LogP contribution >= 0.6 is 0 Å². The Hall–Kier alpha value is -0.550. The van der Waals surface area contributed by atoms with E-state index in [0.29, 0.717) is 6.04 Å². The highest BCUT2D eigenvalue weighted by atomic mass is 15.2. The van der Waals surface area contributed by atoms with E-state index in [2.05, 4.69) is 17.9 Å². The van der Waals surface area contributed by atoms with Crippen molar-refractivity contribution in [2.45, 2.75) is 32.4 Å². The number of hydrogen-bond acceptors (Lipinski definition) is 2. The summed E-state index contributed by atoms with van der Waals surface area (Å²) >= 11 is 0. The van der Waals surface area contributed by atoms with Crippen molar-refractivity contribution in [1.29, 1.82) is 5.26 Å². The molecule has 1 aliphatic rings. The van der Waals surface area contributed by atoms with Gasteiger partial charge in [0.25, 0.3) is 0 Å². The Morgan fingerprint density at radius 1 is 1.70 bits per heavy atom. The molecule has 0 aromatic carbocycles. The number of nitrogens with zero attached hydrogens (tertiary/aromatic N) is 2. The van der Waals surface area contributed by atoms with Crippen molar-refractivity contribution in [3.05, 3.63) is 0 Å². The van der Waals surface area contributed by atoms with Crippen LogP contribution in [0.5, 0.6) is 0 Å². The van der Waals surface area contributed by atoms with Gasteiger partial charge in [-0.3, -0.25) is 4.90 Å². The molecule has 2 nitrogen and oxygen atoms in total. The smallest absolute Gasteiger partial charge is 0.0949 e. The van der Waals surface area contributed by atoms with Gasteiger partial charge < -0.3 is 0 Å². The molecule has 10 heavy (non-hydrogen) atoms. The highest BCUT2D eigenvalue weighted by molar-refractivity contribution is 4.98. The van der Waals surface area contributed by atoms with Crippen molar-refractivity contribution in [3.8, 4) is 6.07 Å². The van der Waals surface area contributed by atoms with E-state index in [1.54, 1.807) is 0 Å². The summed E-state index contributed by atoms with van der Waals surface area (Å²) in [6, 6.07) is 2.99. The molecule has 0 bridgehead atoms. The molecule has 56 valence electrons. The maximum absolute atomic E-state index is 8.58. The fraction of sp³-hybridized carbons (Fsp3) is 0.875. The summed E-state index contributed by atoms with van der Waals surface area (Å²) in [4.78, 5) is 2.16. The Labute approximate surface area is 62.4 Å². The first-order valence-corrected chi connectivity index (χ1v) is 3.78. The molecule has 0 radical (unpaired) electrons. The predicted octanol–water partition coefficient (Wildman–Crippen LogP) is 1.24. The van der Waals surface area contributed by atoms with Crippen LogP contribution in [0, 0.1) is 17.2 Å². The Balaban J connectivity index is 2.36. The van der Waals surface area contributed by atoms with Crippen molar-refractivity contribution in [3.63, 3.8) is 0 Å². The van der Waals surface area contributed by atoms with Crippen LogP contribution < -0.4 is 0 Å². The van der Waals surface area contributed by atoms with E-state index in [0.717, 1.165) is 5.92 Å². The molecule has 1 aliphatic carbocycles. The quantitative estimate of drug-likeness (QED) is 0.574. The van der Waals surface area contributed by atoms with E-state index in [1.165, 1.54) is 6.42 Å². The summed E-state index contributed by atoms with van der Waals surface area (Å²) in [5.41, 5.74) is 0. The molecule has 0 heterocycles. The Morgan fingerprint density at radius 2 is 2.20 bits per heavy atom. The Morgan fingerprint density at radius 3 is 2.50 bits per heavy atom. The fourth-order valence-corrected chi connectivity index (χ4v) is 1.25. The zero-order valence-electron chi connectivity index (χ0n) is 6.83. The standard InChI is InChI=1S/C8H14N2/c1-6-4-8(6)10(3)7(2)5-9/h6-8H,4H2,1-3H3. The van der Waals surface area contributed by atoms with Crippen molar-refractivity contribution in [1.82, 2.24) is 4.90 Å². The Bertz CT molecular complexity index is 159. The second-order valence-corrected chi connectivity index (χ2v) is 3.25. The van der Waals surface area contributed by atoms with E-state index in [9.17, 15) is 0 Å². The summed E-state index contributed by atoms with van der Waals surface area (Å²) in [5.74, 6) is 0.806. The van der Waals surface area contributed by atoms with Gasteiger partial charge in [-0.1, -0.05) is 6.92 Å². The zero-order valence-corrected chi connectivity index (χ0v) is 6.83. The van der Waals surface area contributed by atoms with Gasteiger partial charge in [-0.05, 0) is 26.3 Å². The van der Waals surface area contributed by atoms with Gasteiger partial charge in [0.1, 0.15) is 0 Å². The van der Waals surface area contributed by atoms with Crippen LogP contribution in [0.3, 0.4) is 0 Å². The van der Waals surface area contributed by atoms with E-state index >= 15 is 0 Å². The molecule has 0 spiro atoms. The number of nitriles is 1. The average molecular weight is 138 g/mol. The van der Waals surface area contributed by atoms with E-state index in [-0.39, 0.29) is 6.04 Å². The normalized spacial score (nSPS) is 33.5. The minimum absolute atomic E-state index is 0.0787. The zero-order chi connectivity index (χ0) is 7.72. The van der Waals surface area contributed by atoms with E-state index in [1.807, 2.05) is 14.0 Å². The van der Waals surface area contributed by atoms with Gasteiger partial charge in [0, 0.05) is 6.04 Å². The number of hydrogen-bond donors (Lipinski definition) is 0. The lowest BCUT2D eigenvalue weighted by Crippen LogP contribution is -2.30. The molecule has 0 N–H and O–H groups in total. The first kappa shape index (κ1) is 7.56. The predicted molar refractivity (Wildman–Crippen MR) is 40.4 cm³/mol. The van der Waals surface area contributed by atoms with Crippen LogP contribution in [-0.4, -0.2) is 24.0 Å². The summed E-state index contributed by atoms with van der Waals surface area (Å²) in [6.07, 6.45) is 1.27. The molecule has 3 atom stereocenters. The first-order valence-electron chi connectivity index (χ1n) is 3.78. The monoisotopic (exact) mass is 138 g/mol. The maximum atomic E-state index is 8.58. The molecular formula is C8H14N2. The average Bonchev–Trinajstić information content (AvgIpc) is 2.63. The summed E-state index contributed by atoms with van der Waals surface area (Å²) in [6.45, 7) is 4.18. The maximum Gasteiger partial charge on any atom is 0.0949 e. The summed E-state index contributed by atoms with van der Waals surface area (Å²) in [5, 5.41) is 8.58. The van der Waals surface area contributed by atoms with Crippen LogP contribution in [0.1, 0.15) is 20.3 Å². The van der Waals surface area contributed by atoms with Crippen molar-refractivity contribution in [2.75, 3.05) is 7.05 Å². The highest BCUT2D eigenvalue weighted by Gasteiger charge is 2.37. The van der Waals surface area contributed by atoms with Gasteiger partial charge in [-0.25, -0.2) is 0 Å². The van der Waals surface area contributed by atoms with Gasteiger partial charge in [0.15, 0.2) is 0 Å². The van der Waals surface area contributed by atoms with E-state index < -0.39 is 0 Å². The number of rotatable bonds is 2. The second kappa shape index (κ2) is 2.59. The topological polar surface area (TPSA) is 27.0 Å². The van der Waals surface area contributed by atoms with Gasteiger partial charge in [-0.15, -0.1) is 0 Å². The molecule has 0 aromatic heterocycles. The van der Waals surface area contributed by atoms with Gasteiger partial charge in [0.2, 0.25) is 0 Å². The van der Waals surface area contributed by atoms with Crippen LogP contribution in [0.25, 0.3) is 0 Å². The van der Waals surface area contributed by atoms with Crippen molar-refractivity contribution < 1.29 is 0 Å². The van der Waals surface area contributed by atoms with Crippen LogP contribution in [-0.2, 0) is 0 Å². The van der Waals surface area contributed by atoms with Gasteiger partial charge in [0.05, 0.1) is 12.1 Å². The lowest BCUT2D eigenvalue weighted by atomic mass is 10.3. The minimum Gasteiger partial charge on any atom is -0.288 e. The van der Waals surface area contributed by atoms with Gasteiger partial charge >= 0.3 is 0 Å². The third-order valence-electron chi connectivity index (χ3n) is 2.39. The molecule has 0 aliphatic heterocycles. The lowest BCUT2D eigenvalue weighted by molar-refractivity contribution is 0.281. The molecule has 0 amide bonds. The van der Waals surface area contributed by atoms with Crippen LogP contribution in [0.15, 0.2) is 0 Å². The summed E-state index contributed by atoms with van der Waals surface area (Å²) < 4.78 is 0. The Kier molecular flexibility index (Phi) is 1.96. The molecule has 0 saturated heterocycles. The first-order chi connectivity index (χ1) is 4.66. The van der Waals surface area contributed by atoms with Crippen LogP contribution in [0.2, 0.25) is 0 Å². The SMILES string of the molecule is CC1CC1N(C)C(C)C#N. The second-order valence-electron chi connectivity index (χ2n) is 3.25.